The number of piperidine rings is 3. The summed E-state index contributed by atoms with van der Waals surface area (Å²) in [6.07, 6.45) is 4.45. The molecule has 0 radical (unpaired) electrons. The van der Waals surface area contributed by atoms with Gasteiger partial charge in [-0.1, -0.05) is 47.7 Å². The van der Waals surface area contributed by atoms with Crippen molar-refractivity contribution < 1.29 is 33.8 Å². The Bertz CT molecular complexity index is 3250. The molecule has 2 bridgehead atoms. The number of carbonyl (C=O) groups excluding carboxylic acids is 4. The van der Waals surface area contributed by atoms with E-state index in [1.165, 1.54) is 17.8 Å². The lowest BCUT2D eigenvalue weighted by molar-refractivity contribution is -0.134. The first-order chi connectivity index (χ1) is 34.4. The van der Waals surface area contributed by atoms with Gasteiger partial charge in [-0.25, -0.2) is 14.8 Å². The van der Waals surface area contributed by atoms with Crippen molar-refractivity contribution in [2.24, 2.45) is 24.8 Å². The van der Waals surface area contributed by atoms with Gasteiger partial charge in [0.25, 0.3) is 5.91 Å². The molecule has 0 spiro atoms. The van der Waals surface area contributed by atoms with Gasteiger partial charge in [-0.15, -0.1) is 0 Å². The number of aromatic carboxylic acids is 1. The Balaban J connectivity index is 0.677. The summed E-state index contributed by atoms with van der Waals surface area (Å²) < 4.78 is 9.07. The Morgan fingerprint density at radius 1 is 0.915 bits per heavy atom. The van der Waals surface area contributed by atoms with Crippen LogP contribution in [0.1, 0.15) is 81.3 Å². The summed E-state index contributed by atoms with van der Waals surface area (Å²) in [5, 5.41) is 24.9. The molecule has 16 nitrogen and oxygen atoms in total. The Labute approximate surface area is 413 Å². The Hall–Kier alpha value is -7.50. The van der Waals surface area contributed by atoms with E-state index in [0.29, 0.717) is 96.0 Å². The molecule has 7 heterocycles. The van der Waals surface area contributed by atoms with Gasteiger partial charge >= 0.3 is 5.97 Å². The molecule has 4 fully saturated rings. The number of thiazole rings is 1. The zero-order valence-electron chi connectivity index (χ0n) is 39.4. The van der Waals surface area contributed by atoms with Crippen molar-refractivity contribution in [2.45, 2.75) is 57.9 Å². The standard InChI is InChI=1S/C54H53N9O7S/c1-30-35(37-17-19-46(57-50(37)53(68)69)63-22-21-31-8-5-10-38(41(31)28-63)51(66)59-54-56-42-12-3-4-14-45(42)71-54)9-6-13-44(30)70-23-7-11-36-32-24-33(36)27-62(26-32)29-48(65)55-34-15-16-39-43(25-34)61(2)60-49(39)40-18-20-47(64)58-52(40)67/h3-6,8-10,12-17,19,25,32-33,36,40H,7,11,18,20-24,26-29H2,1-2H3,(H,55,65)(H,68,69)(H,56,59,66)(H,58,64,67)/t32-,33?,36?,40?/m0/s1. The lowest BCUT2D eigenvalue weighted by Crippen LogP contribution is -2.56. The second kappa shape index (κ2) is 19.0. The number of hydrogen-bond donors (Lipinski definition) is 4. The van der Waals surface area contributed by atoms with Crippen LogP contribution in [0.3, 0.4) is 0 Å². The highest BCUT2D eigenvalue weighted by atomic mass is 32.1. The van der Waals surface area contributed by atoms with Crippen LogP contribution in [0.5, 0.6) is 5.75 Å². The first kappa shape index (κ1) is 45.9. The third kappa shape index (κ3) is 9.11. The fourth-order valence-electron chi connectivity index (χ4n) is 11.3. The first-order valence-corrected chi connectivity index (χ1v) is 25.1. The number of anilines is 3. The topological polar surface area (TPSA) is 201 Å². The van der Waals surface area contributed by atoms with Crippen molar-refractivity contribution in [3.63, 3.8) is 0 Å². The fraction of sp³-hybridized carbons (Fsp3) is 0.333. The van der Waals surface area contributed by atoms with Gasteiger partial charge in [0.2, 0.25) is 17.7 Å². The number of pyridine rings is 1. The Morgan fingerprint density at radius 3 is 2.56 bits per heavy atom. The van der Waals surface area contributed by atoms with Crippen molar-refractivity contribution in [1.82, 2.24) is 30.0 Å². The molecule has 4 atom stereocenters. The predicted molar refractivity (Wildman–Crippen MR) is 271 cm³/mol. The largest absolute Gasteiger partial charge is 0.493 e. The van der Waals surface area contributed by atoms with Gasteiger partial charge in [-0.2, -0.15) is 5.10 Å². The van der Waals surface area contributed by atoms with Crippen molar-refractivity contribution in [3.8, 4) is 16.9 Å². The number of carboxylic acids is 1. The van der Waals surface area contributed by atoms with Crippen LogP contribution in [-0.2, 0) is 34.4 Å². The molecule has 3 aromatic heterocycles. The van der Waals surface area contributed by atoms with E-state index in [1.807, 2.05) is 110 Å². The third-order valence-corrected chi connectivity index (χ3v) is 15.8. The van der Waals surface area contributed by atoms with Gasteiger partial charge in [0.15, 0.2) is 10.8 Å². The normalized spacial score (nSPS) is 19.8. The number of nitrogens with one attached hydrogen (secondary N) is 3. The average molecular weight is 972 g/mol. The Morgan fingerprint density at radius 2 is 1.75 bits per heavy atom. The van der Waals surface area contributed by atoms with Crippen molar-refractivity contribution in [3.05, 3.63) is 125 Å². The van der Waals surface area contributed by atoms with Gasteiger partial charge in [0.05, 0.1) is 40.5 Å². The highest BCUT2D eigenvalue weighted by Crippen LogP contribution is 2.48. The highest BCUT2D eigenvalue weighted by Gasteiger charge is 2.46. The number of fused-ring (bicyclic) bond motifs is 5. The van der Waals surface area contributed by atoms with Crippen LogP contribution >= 0.6 is 11.3 Å². The molecule has 362 valence electrons. The summed E-state index contributed by atoms with van der Waals surface area (Å²) in [6.45, 7) is 5.56. The molecule has 4 amide bonds. The molecule has 71 heavy (non-hydrogen) atoms. The number of rotatable bonds is 14. The van der Waals surface area contributed by atoms with Crippen LogP contribution in [0, 0.1) is 24.7 Å². The zero-order valence-corrected chi connectivity index (χ0v) is 40.3. The molecule has 1 saturated carbocycles. The minimum atomic E-state index is -1.13. The fourth-order valence-corrected chi connectivity index (χ4v) is 12.2. The highest BCUT2D eigenvalue weighted by molar-refractivity contribution is 7.22. The summed E-state index contributed by atoms with van der Waals surface area (Å²) >= 11 is 1.43. The van der Waals surface area contributed by atoms with Crippen LogP contribution in [0.25, 0.3) is 32.2 Å². The predicted octanol–water partition coefficient (Wildman–Crippen LogP) is 7.95. The number of ether oxygens (including phenoxy) is 1. The minimum absolute atomic E-state index is 0.0493. The minimum Gasteiger partial charge on any atom is -0.493 e. The summed E-state index contributed by atoms with van der Waals surface area (Å²) in [5.74, 6) is 0.354. The van der Waals surface area contributed by atoms with E-state index in [9.17, 15) is 29.1 Å². The summed E-state index contributed by atoms with van der Waals surface area (Å²) in [4.78, 5) is 77.6. The second-order valence-electron chi connectivity index (χ2n) is 19.3. The number of amides is 4. The molecule has 4 aromatic carbocycles. The van der Waals surface area contributed by atoms with Crippen molar-refractivity contribution in [1.29, 1.82) is 0 Å². The molecular formula is C54H53N9O7S. The number of carboxylic acid groups (broad SMARTS) is 1. The van der Waals surface area contributed by atoms with Gasteiger partial charge in [-0.05, 0) is 134 Å². The molecular weight excluding hydrogens is 919 g/mol. The van der Waals surface area contributed by atoms with E-state index in [2.05, 4.69) is 30.9 Å². The molecule has 1 aliphatic carbocycles. The number of nitrogens with zero attached hydrogens (tertiary/aromatic N) is 6. The maximum absolute atomic E-state index is 13.6. The van der Waals surface area contributed by atoms with Gasteiger partial charge in [0, 0.05) is 61.8 Å². The number of carbonyl (C=O) groups is 5. The average Bonchev–Trinajstić information content (AvgIpc) is 3.92. The van der Waals surface area contributed by atoms with E-state index in [-0.39, 0.29) is 35.7 Å². The number of imide groups is 1. The van der Waals surface area contributed by atoms with Crippen LogP contribution in [0.2, 0.25) is 0 Å². The van der Waals surface area contributed by atoms with E-state index >= 15 is 0 Å². The van der Waals surface area contributed by atoms with Crippen molar-refractivity contribution in [2.75, 3.05) is 48.3 Å². The van der Waals surface area contributed by atoms with E-state index in [1.54, 1.807) is 4.68 Å². The molecule has 12 rings (SSSR count). The van der Waals surface area contributed by atoms with Crippen LogP contribution in [0.4, 0.5) is 16.6 Å². The zero-order chi connectivity index (χ0) is 48.9. The lowest BCUT2D eigenvalue weighted by Gasteiger charge is -2.54. The molecule has 17 heteroatoms. The lowest BCUT2D eigenvalue weighted by atomic mass is 9.60. The number of aromatic nitrogens is 4. The molecule has 7 aromatic rings. The summed E-state index contributed by atoms with van der Waals surface area (Å²) in [7, 11) is 1.81. The third-order valence-electron chi connectivity index (χ3n) is 14.9. The summed E-state index contributed by atoms with van der Waals surface area (Å²) in [5.41, 5.74) is 7.48. The molecule has 4 aliphatic heterocycles. The number of benzene rings is 4. The number of para-hydroxylation sites is 1. The van der Waals surface area contributed by atoms with Crippen LogP contribution in [0.15, 0.2) is 91.0 Å². The molecule has 3 saturated heterocycles. The van der Waals surface area contributed by atoms with E-state index < -0.39 is 11.9 Å². The maximum atomic E-state index is 13.6. The maximum Gasteiger partial charge on any atom is 0.355 e. The smallest absolute Gasteiger partial charge is 0.355 e. The molecule has 4 N–H and O–H groups in total. The second-order valence-corrected chi connectivity index (χ2v) is 20.3. The SMILES string of the molecule is Cc1c(OCCCC2C3C[C@H]2CN(CC(=O)Nc2ccc4c(C5CCC(=O)NC5=O)nn(C)c4c2)C3)cccc1-c1ccc(N2CCc3cccc(C(=O)Nc4nc5ccccc5s4)c3C2)nc1C(=O)O. The quantitative estimate of drug-likeness (QED) is 0.0607. The monoisotopic (exact) mass is 971 g/mol. The van der Waals surface area contributed by atoms with Crippen LogP contribution < -0.4 is 25.6 Å². The number of aryl methyl sites for hydroxylation is 1. The first-order valence-electron chi connectivity index (χ1n) is 24.3. The van der Waals surface area contributed by atoms with Gasteiger partial charge in [-0.3, -0.25) is 39.4 Å². The Kier molecular flexibility index (Phi) is 12.3. The number of hydrogen-bond acceptors (Lipinski definition) is 12. The van der Waals surface area contributed by atoms with E-state index in [4.69, 9.17) is 9.72 Å². The molecule has 5 aliphatic rings. The summed E-state index contributed by atoms with van der Waals surface area (Å²) in [6, 6.07) is 28.5. The van der Waals surface area contributed by atoms with Gasteiger partial charge in [0.1, 0.15) is 11.6 Å². The van der Waals surface area contributed by atoms with E-state index in [0.717, 1.165) is 69.3 Å². The van der Waals surface area contributed by atoms with Crippen molar-refractivity contribution >= 4 is 78.7 Å². The van der Waals surface area contributed by atoms with Crippen LogP contribution in [-0.4, -0.2) is 92.1 Å². The molecule has 3 unspecified atom stereocenters. The van der Waals surface area contributed by atoms with Gasteiger partial charge < -0.3 is 20.1 Å².